The molecule has 1 aliphatic heterocycles. The lowest BCUT2D eigenvalue weighted by Crippen LogP contribution is -2.37. The number of carbonyl (C=O) groups excluding carboxylic acids is 2. The van der Waals surface area contributed by atoms with E-state index in [2.05, 4.69) is 6.07 Å². The number of hydrogen-bond donors (Lipinski definition) is 1. The number of rotatable bonds is 5. The van der Waals surface area contributed by atoms with E-state index in [9.17, 15) is 9.59 Å². The number of aryl methyl sites for hydroxylation is 2. The predicted molar refractivity (Wildman–Crippen MR) is 97.7 cm³/mol. The Morgan fingerprint density at radius 2 is 1.64 bits per heavy atom. The molecule has 0 saturated heterocycles. The maximum atomic E-state index is 12.2. The van der Waals surface area contributed by atoms with Gasteiger partial charge < -0.3 is 5.73 Å². The van der Waals surface area contributed by atoms with Gasteiger partial charge in [-0.2, -0.15) is 0 Å². The van der Waals surface area contributed by atoms with Gasteiger partial charge in [-0.05, 0) is 43.5 Å². The van der Waals surface area contributed by atoms with Crippen LogP contribution in [0.2, 0.25) is 0 Å². The Morgan fingerprint density at radius 3 is 2.20 bits per heavy atom. The highest BCUT2D eigenvalue weighted by molar-refractivity contribution is 6.20. The molecule has 0 bridgehead atoms. The van der Waals surface area contributed by atoms with E-state index in [1.165, 1.54) is 11.1 Å². The summed E-state index contributed by atoms with van der Waals surface area (Å²) in [7, 11) is 0. The van der Waals surface area contributed by atoms with Crippen LogP contribution in [0.25, 0.3) is 0 Å². The van der Waals surface area contributed by atoms with Crippen LogP contribution in [0.1, 0.15) is 37.4 Å². The van der Waals surface area contributed by atoms with E-state index in [1.54, 1.807) is 24.3 Å². The molecule has 1 heterocycles. The number of benzene rings is 2. The van der Waals surface area contributed by atoms with Gasteiger partial charge in [0.1, 0.15) is 0 Å². The van der Waals surface area contributed by atoms with Crippen molar-refractivity contribution in [3.05, 3.63) is 70.3 Å². The van der Waals surface area contributed by atoms with Crippen molar-refractivity contribution >= 4 is 24.2 Å². The second-order valence-electron chi connectivity index (χ2n) is 6.14. The number of nitrogens with zero attached hydrogens (tertiary/aromatic N) is 1. The Bertz CT molecular complexity index is 772. The van der Waals surface area contributed by atoms with Crippen molar-refractivity contribution in [1.29, 1.82) is 0 Å². The molecular weight excluding hydrogens is 340 g/mol. The van der Waals surface area contributed by atoms with E-state index in [0.29, 0.717) is 17.5 Å². The third-order valence-electron chi connectivity index (χ3n) is 4.15. The smallest absolute Gasteiger partial charge is 0.285 e. The molecule has 6 heteroatoms. The van der Waals surface area contributed by atoms with E-state index >= 15 is 0 Å². The Morgan fingerprint density at radius 1 is 1.04 bits per heavy atom. The molecule has 2 amide bonds. The molecule has 25 heavy (non-hydrogen) atoms. The van der Waals surface area contributed by atoms with Crippen molar-refractivity contribution in [1.82, 2.24) is 5.06 Å². The number of amides is 2. The molecule has 132 valence electrons. The number of imide groups is 1. The number of fused-ring (bicyclic) bond motifs is 1. The van der Waals surface area contributed by atoms with Gasteiger partial charge in [-0.1, -0.05) is 35.9 Å². The van der Waals surface area contributed by atoms with Gasteiger partial charge in [-0.15, -0.1) is 17.5 Å². The monoisotopic (exact) mass is 360 g/mol. The van der Waals surface area contributed by atoms with E-state index in [-0.39, 0.29) is 25.1 Å². The van der Waals surface area contributed by atoms with Gasteiger partial charge in [0.05, 0.1) is 17.7 Å². The van der Waals surface area contributed by atoms with Crippen LogP contribution >= 0.6 is 12.4 Å². The molecular formula is C19H21ClN2O3. The van der Waals surface area contributed by atoms with Crippen LogP contribution in [-0.2, 0) is 11.3 Å². The Labute approximate surface area is 153 Å². The number of carbonyl (C=O) groups is 2. The van der Waals surface area contributed by atoms with E-state index in [4.69, 9.17) is 10.6 Å². The Kier molecular flexibility index (Phi) is 5.95. The summed E-state index contributed by atoms with van der Waals surface area (Å²) in [5, 5.41) is 0.812. The summed E-state index contributed by atoms with van der Waals surface area (Å²) in [6, 6.07) is 12.6. The highest BCUT2D eigenvalue weighted by atomic mass is 35.5. The highest BCUT2D eigenvalue weighted by Gasteiger charge is 2.36. The number of nitrogens with two attached hydrogens (primary N) is 1. The fourth-order valence-electron chi connectivity index (χ4n) is 2.87. The van der Waals surface area contributed by atoms with Gasteiger partial charge in [-0.3, -0.25) is 14.4 Å². The maximum absolute atomic E-state index is 12.2. The van der Waals surface area contributed by atoms with E-state index < -0.39 is 11.8 Å². The maximum Gasteiger partial charge on any atom is 0.285 e. The molecule has 5 nitrogen and oxygen atoms in total. The summed E-state index contributed by atoms with van der Waals surface area (Å²) in [6.45, 7) is 4.18. The fraction of sp³-hybridized carbons (Fsp3) is 0.263. The standard InChI is InChI=1S/C19H20N2O3.ClH/c1-12-7-8-14(13(2)9-12)10-15(20)11-24-21-18(22)16-5-3-4-6-17(16)19(21)23;/h3-9,15H,10-11,20H2,1-2H3;1H. The Hall–Kier alpha value is -2.21. The second kappa shape index (κ2) is 7.78. The van der Waals surface area contributed by atoms with E-state index in [1.807, 2.05) is 26.0 Å². The lowest BCUT2D eigenvalue weighted by molar-refractivity contribution is -0.0951. The van der Waals surface area contributed by atoms with Crippen LogP contribution in [0, 0.1) is 13.8 Å². The molecule has 2 aromatic rings. The first-order valence-electron chi connectivity index (χ1n) is 7.90. The van der Waals surface area contributed by atoms with Crippen LogP contribution in [0.3, 0.4) is 0 Å². The van der Waals surface area contributed by atoms with Crippen molar-refractivity contribution in [2.24, 2.45) is 5.73 Å². The molecule has 0 fully saturated rings. The minimum absolute atomic E-state index is 0. The number of halogens is 1. The molecule has 3 rings (SSSR count). The molecule has 0 saturated carbocycles. The number of hydrogen-bond acceptors (Lipinski definition) is 4. The zero-order valence-corrected chi connectivity index (χ0v) is 15.0. The van der Waals surface area contributed by atoms with Crippen molar-refractivity contribution in [3.8, 4) is 0 Å². The SMILES string of the molecule is Cc1ccc(CC(N)CON2C(=O)c3ccccc3C2=O)c(C)c1.Cl. The summed E-state index contributed by atoms with van der Waals surface area (Å²) >= 11 is 0. The third kappa shape index (κ3) is 3.90. The molecule has 1 aliphatic rings. The molecule has 2 N–H and O–H groups in total. The molecule has 1 unspecified atom stereocenters. The third-order valence-corrected chi connectivity index (χ3v) is 4.15. The van der Waals surface area contributed by atoms with Gasteiger partial charge in [-0.25, -0.2) is 0 Å². The molecule has 0 radical (unpaired) electrons. The van der Waals surface area contributed by atoms with E-state index in [0.717, 1.165) is 10.6 Å². The van der Waals surface area contributed by atoms with Crippen LogP contribution in [0.5, 0.6) is 0 Å². The first-order chi connectivity index (χ1) is 11.5. The zero-order valence-electron chi connectivity index (χ0n) is 14.2. The lowest BCUT2D eigenvalue weighted by Gasteiger charge is -2.18. The average Bonchev–Trinajstić information content (AvgIpc) is 2.80. The van der Waals surface area contributed by atoms with Gasteiger partial charge in [0.2, 0.25) is 0 Å². The normalized spacial score (nSPS) is 14.3. The van der Waals surface area contributed by atoms with Gasteiger partial charge in [0.15, 0.2) is 0 Å². The van der Waals surface area contributed by atoms with Crippen LogP contribution in [0.15, 0.2) is 42.5 Å². The first-order valence-corrected chi connectivity index (χ1v) is 7.90. The summed E-state index contributed by atoms with van der Waals surface area (Å²) in [5.41, 5.74) is 10.4. The fourth-order valence-corrected chi connectivity index (χ4v) is 2.87. The lowest BCUT2D eigenvalue weighted by atomic mass is 10.00. The van der Waals surface area contributed by atoms with Crippen molar-refractivity contribution < 1.29 is 14.4 Å². The van der Waals surface area contributed by atoms with Crippen LogP contribution in [-0.4, -0.2) is 29.5 Å². The zero-order chi connectivity index (χ0) is 17.3. The van der Waals surface area contributed by atoms with Crippen molar-refractivity contribution in [3.63, 3.8) is 0 Å². The minimum atomic E-state index is -0.436. The molecule has 1 atom stereocenters. The predicted octanol–water partition coefficient (Wildman–Crippen LogP) is 2.82. The summed E-state index contributed by atoms with van der Waals surface area (Å²) in [4.78, 5) is 29.8. The quantitative estimate of drug-likeness (QED) is 0.832. The molecule has 0 aliphatic carbocycles. The topological polar surface area (TPSA) is 72.6 Å². The summed E-state index contributed by atoms with van der Waals surface area (Å²) < 4.78 is 0. The first kappa shape index (κ1) is 19.1. The summed E-state index contributed by atoms with van der Waals surface area (Å²) in [5.74, 6) is -0.872. The highest BCUT2D eigenvalue weighted by Crippen LogP contribution is 2.22. The second-order valence-corrected chi connectivity index (χ2v) is 6.14. The van der Waals surface area contributed by atoms with Crippen LogP contribution in [0.4, 0.5) is 0 Å². The van der Waals surface area contributed by atoms with Crippen molar-refractivity contribution in [2.75, 3.05) is 6.61 Å². The number of hydroxylamine groups is 2. The average molecular weight is 361 g/mol. The Balaban J connectivity index is 0.00000225. The van der Waals surface area contributed by atoms with Gasteiger partial charge in [0.25, 0.3) is 11.8 Å². The summed E-state index contributed by atoms with van der Waals surface area (Å²) in [6.07, 6.45) is 0.620. The van der Waals surface area contributed by atoms with Crippen LogP contribution < -0.4 is 5.73 Å². The molecule has 0 spiro atoms. The van der Waals surface area contributed by atoms with Gasteiger partial charge in [0, 0.05) is 6.04 Å². The largest absolute Gasteiger partial charge is 0.325 e. The molecule has 0 aromatic heterocycles. The molecule has 2 aromatic carbocycles. The van der Waals surface area contributed by atoms with Crippen molar-refractivity contribution in [2.45, 2.75) is 26.3 Å². The van der Waals surface area contributed by atoms with Gasteiger partial charge >= 0.3 is 0 Å². The minimum Gasteiger partial charge on any atom is -0.325 e.